The number of carbonyl (C=O) groups excluding carboxylic acids is 3. The topological polar surface area (TPSA) is 84.9 Å². The highest BCUT2D eigenvalue weighted by molar-refractivity contribution is 8.00. The molecule has 1 fully saturated rings. The normalized spacial score (nSPS) is 24.4. The van der Waals surface area contributed by atoms with Crippen molar-refractivity contribution in [1.82, 2.24) is 10.2 Å². The summed E-state index contributed by atoms with van der Waals surface area (Å²) in [5.41, 5.74) is 0.430. The fraction of sp³-hybridized carbons (Fsp3) is 0.643. The number of fused-ring (bicyclic) bond motifs is 1. The van der Waals surface area contributed by atoms with Gasteiger partial charge in [-0.25, -0.2) is 9.59 Å². The Morgan fingerprint density at radius 1 is 1.36 bits per heavy atom. The van der Waals surface area contributed by atoms with Crippen molar-refractivity contribution in [1.29, 1.82) is 0 Å². The summed E-state index contributed by atoms with van der Waals surface area (Å²) in [7, 11) is 1.28. The van der Waals surface area contributed by atoms with Gasteiger partial charge in [0.15, 0.2) is 0 Å². The van der Waals surface area contributed by atoms with Crippen LogP contribution >= 0.6 is 11.8 Å². The monoisotopic (exact) mass is 328 g/mol. The summed E-state index contributed by atoms with van der Waals surface area (Å²) in [4.78, 5) is 37.3. The number of ether oxygens (including phenoxy) is 2. The van der Waals surface area contributed by atoms with Crippen LogP contribution in [0.3, 0.4) is 0 Å². The minimum absolute atomic E-state index is 0.276. The zero-order valence-electron chi connectivity index (χ0n) is 13.3. The molecule has 2 heterocycles. The summed E-state index contributed by atoms with van der Waals surface area (Å²) in [6.45, 7) is 7.03. The van der Waals surface area contributed by atoms with Gasteiger partial charge in [-0.3, -0.25) is 9.69 Å². The van der Waals surface area contributed by atoms with Crippen LogP contribution in [0.5, 0.6) is 0 Å². The van der Waals surface area contributed by atoms with E-state index in [1.54, 1.807) is 27.7 Å². The second-order valence-electron chi connectivity index (χ2n) is 6.15. The first kappa shape index (κ1) is 16.7. The molecule has 22 heavy (non-hydrogen) atoms. The lowest BCUT2D eigenvalue weighted by Gasteiger charge is -2.49. The standard InChI is InChI=1S/C14H20N2O5S/c1-7-6-22-11-8(15-13(19)21-14(2,3)4)10(17)16(11)9(7)12(18)20-5/h8,11H,6H2,1-5H3,(H,15,19)/t8-,11+/m1/s1. The predicted octanol–water partition coefficient (Wildman–Crippen LogP) is 1.24. The highest BCUT2D eigenvalue weighted by atomic mass is 32.2. The average molecular weight is 328 g/mol. The summed E-state index contributed by atoms with van der Waals surface area (Å²) in [6, 6.07) is -0.687. The van der Waals surface area contributed by atoms with Crippen molar-refractivity contribution in [2.24, 2.45) is 0 Å². The van der Waals surface area contributed by atoms with Gasteiger partial charge in [0.2, 0.25) is 0 Å². The number of hydrogen-bond acceptors (Lipinski definition) is 6. The van der Waals surface area contributed by atoms with E-state index in [0.717, 1.165) is 5.57 Å². The Bertz CT molecular complexity index is 552. The summed E-state index contributed by atoms with van der Waals surface area (Å²) in [5, 5.41) is 2.26. The van der Waals surface area contributed by atoms with Gasteiger partial charge in [-0.1, -0.05) is 0 Å². The minimum Gasteiger partial charge on any atom is -0.464 e. The number of thioether (sulfide) groups is 1. The van der Waals surface area contributed by atoms with Crippen molar-refractivity contribution >= 4 is 29.7 Å². The average Bonchev–Trinajstić information content (AvgIpc) is 2.41. The van der Waals surface area contributed by atoms with Gasteiger partial charge in [0.1, 0.15) is 22.7 Å². The van der Waals surface area contributed by atoms with Crippen LogP contribution in [0.2, 0.25) is 0 Å². The van der Waals surface area contributed by atoms with Crippen LogP contribution in [0.25, 0.3) is 0 Å². The van der Waals surface area contributed by atoms with Crippen molar-refractivity contribution < 1.29 is 23.9 Å². The molecule has 0 saturated carbocycles. The first-order valence-corrected chi connectivity index (χ1v) is 7.93. The van der Waals surface area contributed by atoms with Gasteiger partial charge in [0.25, 0.3) is 5.91 Å². The maximum absolute atomic E-state index is 12.3. The van der Waals surface area contributed by atoms with Gasteiger partial charge in [-0.05, 0) is 33.3 Å². The van der Waals surface area contributed by atoms with Gasteiger partial charge in [0, 0.05) is 5.75 Å². The van der Waals surface area contributed by atoms with E-state index < -0.39 is 23.7 Å². The van der Waals surface area contributed by atoms with E-state index in [1.807, 2.05) is 0 Å². The van der Waals surface area contributed by atoms with Gasteiger partial charge in [-0.2, -0.15) is 0 Å². The smallest absolute Gasteiger partial charge is 0.408 e. The number of rotatable bonds is 2. The molecule has 8 heteroatoms. The molecule has 2 aliphatic rings. The molecule has 0 aromatic rings. The van der Waals surface area contributed by atoms with Crippen LogP contribution in [0.15, 0.2) is 11.3 Å². The van der Waals surface area contributed by atoms with Crippen LogP contribution in [-0.4, -0.2) is 52.7 Å². The Labute approximate surface area is 133 Å². The number of methoxy groups -OCH3 is 1. The summed E-state index contributed by atoms with van der Waals surface area (Å²) in [6.07, 6.45) is -0.642. The van der Waals surface area contributed by atoms with Crippen molar-refractivity contribution in [3.8, 4) is 0 Å². The van der Waals surface area contributed by atoms with E-state index in [1.165, 1.54) is 23.8 Å². The lowest BCUT2D eigenvalue weighted by molar-refractivity contribution is -0.150. The van der Waals surface area contributed by atoms with Crippen LogP contribution in [-0.2, 0) is 19.1 Å². The van der Waals surface area contributed by atoms with Crippen molar-refractivity contribution in [2.75, 3.05) is 12.9 Å². The Hall–Kier alpha value is -1.70. The number of β-lactam (4-membered cyclic amide) rings is 1. The molecule has 0 unspecified atom stereocenters. The molecule has 1 saturated heterocycles. The zero-order valence-corrected chi connectivity index (χ0v) is 14.1. The van der Waals surface area contributed by atoms with Gasteiger partial charge in [-0.15, -0.1) is 11.8 Å². The Morgan fingerprint density at radius 2 is 2.00 bits per heavy atom. The van der Waals surface area contributed by atoms with Crippen molar-refractivity contribution in [2.45, 2.75) is 44.7 Å². The highest BCUT2D eigenvalue weighted by Crippen LogP contribution is 2.40. The van der Waals surface area contributed by atoms with E-state index in [0.29, 0.717) is 5.75 Å². The van der Waals surface area contributed by atoms with E-state index in [-0.39, 0.29) is 17.0 Å². The Balaban J connectivity index is 2.09. The first-order chi connectivity index (χ1) is 10.2. The molecule has 7 nitrogen and oxygen atoms in total. The molecular formula is C14H20N2O5S. The molecule has 2 rings (SSSR count). The number of hydrogen-bond donors (Lipinski definition) is 1. The van der Waals surface area contributed by atoms with Crippen LogP contribution in [0.1, 0.15) is 27.7 Å². The fourth-order valence-corrected chi connectivity index (χ4v) is 3.59. The number of carbonyl (C=O) groups is 3. The van der Waals surface area contributed by atoms with E-state index in [2.05, 4.69) is 5.32 Å². The fourth-order valence-electron chi connectivity index (χ4n) is 2.29. The second-order valence-corrected chi connectivity index (χ2v) is 7.26. The molecule has 0 radical (unpaired) electrons. The minimum atomic E-state index is -0.687. The molecule has 122 valence electrons. The first-order valence-electron chi connectivity index (χ1n) is 6.88. The molecular weight excluding hydrogens is 308 g/mol. The highest BCUT2D eigenvalue weighted by Gasteiger charge is 2.54. The maximum Gasteiger partial charge on any atom is 0.408 e. The Kier molecular flexibility index (Phi) is 4.42. The number of nitrogens with one attached hydrogen (secondary N) is 1. The van der Waals surface area contributed by atoms with E-state index in [9.17, 15) is 14.4 Å². The lowest BCUT2D eigenvalue weighted by atomic mass is 10.0. The predicted molar refractivity (Wildman–Crippen MR) is 81.0 cm³/mol. The third-order valence-corrected chi connectivity index (χ3v) is 4.63. The second kappa shape index (κ2) is 5.83. The molecule has 1 N–H and O–H groups in total. The van der Waals surface area contributed by atoms with Crippen LogP contribution < -0.4 is 5.32 Å². The number of alkyl carbamates (subject to hydrolysis) is 1. The van der Waals surface area contributed by atoms with Crippen molar-refractivity contribution in [3.05, 3.63) is 11.3 Å². The SMILES string of the molecule is COC(=O)C1=C(C)CS[C@H]2[C@H](NC(=O)OC(C)(C)C)C(=O)N12. The molecule has 0 bridgehead atoms. The third-order valence-electron chi connectivity index (χ3n) is 3.21. The van der Waals surface area contributed by atoms with E-state index >= 15 is 0 Å². The maximum atomic E-state index is 12.3. The number of nitrogens with zero attached hydrogens (tertiary/aromatic N) is 1. The number of esters is 1. The number of amides is 2. The summed E-state index contributed by atoms with van der Waals surface area (Å²) in [5.74, 6) is -0.263. The van der Waals surface area contributed by atoms with Crippen LogP contribution in [0.4, 0.5) is 4.79 Å². The largest absolute Gasteiger partial charge is 0.464 e. The Morgan fingerprint density at radius 3 is 2.55 bits per heavy atom. The van der Waals surface area contributed by atoms with E-state index in [4.69, 9.17) is 9.47 Å². The molecule has 2 amide bonds. The molecule has 0 aliphatic carbocycles. The quantitative estimate of drug-likeness (QED) is 0.606. The molecule has 2 atom stereocenters. The van der Waals surface area contributed by atoms with Crippen LogP contribution in [0, 0.1) is 0 Å². The molecule has 0 spiro atoms. The molecule has 2 aliphatic heterocycles. The molecule has 0 aromatic heterocycles. The summed E-state index contributed by atoms with van der Waals surface area (Å²) < 4.78 is 9.89. The summed E-state index contributed by atoms with van der Waals surface area (Å²) >= 11 is 1.49. The molecule has 0 aromatic carbocycles. The van der Waals surface area contributed by atoms with Gasteiger partial charge in [0.05, 0.1) is 7.11 Å². The zero-order chi connectivity index (χ0) is 16.7. The lowest BCUT2D eigenvalue weighted by Crippen LogP contribution is -2.70. The van der Waals surface area contributed by atoms with Gasteiger partial charge < -0.3 is 14.8 Å². The van der Waals surface area contributed by atoms with Crippen molar-refractivity contribution in [3.63, 3.8) is 0 Å². The third kappa shape index (κ3) is 3.06. The van der Waals surface area contributed by atoms with Gasteiger partial charge >= 0.3 is 12.1 Å².